The molecule has 1 aromatic heterocycles. The number of aromatic nitrogens is 3. The van der Waals surface area contributed by atoms with Gasteiger partial charge in [-0.05, 0) is 19.8 Å². The van der Waals surface area contributed by atoms with E-state index in [0.717, 1.165) is 0 Å². The van der Waals surface area contributed by atoms with Crippen LogP contribution in [0.4, 0.5) is 0 Å². The number of H-pyrrole nitrogens is 1. The molecule has 6 heteroatoms. The summed E-state index contributed by atoms with van der Waals surface area (Å²) in [5.41, 5.74) is -0.950. The number of carbonyl (C=O) groups excluding carboxylic acids is 1. The number of nitrogens with one attached hydrogen (secondary N) is 2. The van der Waals surface area contributed by atoms with Crippen molar-refractivity contribution >= 4 is 5.91 Å². The lowest BCUT2D eigenvalue weighted by molar-refractivity contribution is -0.129. The van der Waals surface area contributed by atoms with Crippen molar-refractivity contribution in [2.24, 2.45) is 5.41 Å². The molecule has 0 aliphatic heterocycles. The summed E-state index contributed by atoms with van der Waals surface area (Å²) in [6.07, 6.45) is 2.37. The van der Waals surface area contributed by atoms with Gasteiger partial charge in [0.15, 0.2) is 0 Å². The Morgan fingerprint density at radius 1 is 1.65 bits per heavy atom. The van der Waals surface area contributed by atoms with Crippen LogP contribution in [0.3, 0.4) is 0 Å². The highest BCUT2D eigenvalue weighted by molar-refractivity contribution is 5.85. The van der Waals surface area contributed by atoms with E-state index >= 15 is 0 Å². The Labute approximate surface area is 100 Å². The van der Waals surface area contributed by atoms with Crippen LogP contribution in [-0.4, -0.2) is 21.1 Å². The van der Waals surface area contributed by atoms with E-state index in [9.17, 15) is 4.79 Å². The summed E-state index contributed by atoms with van der Waals surface area (Å²) in [5, 5.41) is 18.3. The van der Waals surface area contributed by atoms with Crippen molar-refractivity contribution in [2.75, 3.05) is 0 Å². The van der Waals surface area contributed by atoms with Crippen LogP contribution in [0.25, 0.3) is 0 Å². The second-order valence-corrected chi connectivity index (χ2v) is 3.97. The first kappa shape index (κ1) is 13.2. The van der Waals surface area contributed by atoms with Gasteiger partial charge in [0.25, 0.3) is 0 Å². The number of aromatic amines is 1. The molecule has 92 valence electrons. The second-order valence-electron chi connectivity index (χ2n) is 3.97. The third-order valence-electron chi connectivity index (χ3n) is 3.05. The lowest BCUT2D eigenvalue weighted by Gasteiger charge is -2.24. The predicted octanol–water partition coefficient (Wildman–Crippen LogP) is 1.31. The Hall–Kier alpha value is -1.90. The molecule has 1 amide bonds. The largest absolute Gasteiger partial charge is 0.345 e. The van der Waals surface area contributed by atoms with E-state index in [4.69, 9.17) is 5.26 Å². The summed E-state index contributed by atoms with van der Waals surface area (Å²) in [6.45, 7) is 5.47. The summed E-state index contributed by atoms with van der Waals surface area (Å²) in [5.74, 6) is 0.325. The SMILES string of the molecule is CCC(C#N)(CC)C(=O)NC(C)c1ncn[nH]1. The van der Waals surface area contributed by atoms with Gasteiger partial charge in [0.1, 0.15) is 17.6 Å². The van der Waals surface area contributed by atoms with Crippen molar-refractivity contribution in [3.05, 3.63) is 12.2 Å². The van der Waals surface area contributed by atoms with Gasteiger partial charge in [-0.15, -0.1) is 0 Å². The molecule has 6 nitrogen and oxygen atoms in total. The van der Waals surface area contributed by atoms with Crippen LogP contribution >= 0.6 is 0 Å². The summed E-state index contributed by atoms with van der Waals surface area (Å²) < 4.78 is 0. The maximum absolute atomic E-state index is 12.1. The fourth-order valence-electron chi connectivity index (χ4n) is 1.61. The first-order valence-electron chi connectivity index (χ1n) is 5.67. The first-order chi connectivity index (χ1) is 8.09. The van der Waals surface area contributed by atoms with E-state index in [1.165, 1.54) is 6.33 Å². The molecule has 1 heterocycles. The quantitative estimate of drug-likeness (QED) is 0.804. The van der Waals surface area contributed by atoms with Crippen LogP contribution in [0.15, 0.2) is 6.33 Å². The van der Waals surface area contributed by atoms with Gasteiger partial charge in [-0.1, -0.05) is 13.8 Å². The van der Waals surface area contributed by atoms with Gasteiger partial charge in [-0.3, -0.25) is 9.89 Å². The molecule has 0 radical (unpaired) electrons. The average Bonchev–Trinajstić information content (AvgIpc) is 2.85. The highest BCUT2D eigenvalue weighted by atomic mass is 16.2. The third-order valence-corrected chi connectivity index (χ3v) is 3.05. The Balaban J connectivity index is 2.75. The molecule has 2 N–H and O–H groups in total. The van der Waals surface area contributed by atoms with Gasteiger partial charge in [0.05, 0.1) is 12.1 Å². The molecule has 1 unspecified atom stereocenters. The zero-order valence-electron chi connectivity index (χ0n) is 10.3. The van der Waals surface area contributed by atoms with E-state index in [2.05, 4.69) is 26.6 Å². The number of amides is 1. The van der Waals surface area contributed by atoms with Gasteiger partial charge in [-0.25, -0.2) is 4.98 Å². The monoisotopic (exact) mass is 235 g/mol. The topological polar surface area (TPSA) is 94.5 Å². The number of nitriles is 1. The van der Waals surface area contributed by atoms with Crippen molar-refractivity contribution in [3.63, 3.8) is 0 Å². The van der Waals surface area contributed by atoms with Gasteiger partial charge in [0.2, 0.25) is 5.91 Å². The normalized spacial score (nSPS) is 12.8. The Morgan fingerprint density at radius 2 is 2.29 bits per heavy atom. The molecular weight excluding hydrogens is 218 g/mol. The van der Waals surface area contributed by atoms with Gasteiger partial charge in [0, 0.05) is 0 Å². The zero-order chi connectivity index (χ0) is 12.9. The number of hydrogen-bond acceptors (Lipinski definition) is 4. The lowest BCUT2D eigenvalue weighted by Crippen LogP contribution is -2.40. The zero-order valence-corrected chi connectivity index (χ0v) is 10.3. The average molecular weight is 235 g/mol. The second kappa shape index (κ2) is 5.43. The molecule has 0 aliphatic rings. The smallest absolute Gasteiger partial charge is 0.241 e. The van der Waals surface area contributed by atoms with Crippen LogP contribution in [0.5, 0.6) is 0 Å². The maximum atomic E-state index is 12.1. The fraction of sp³-hybridized carbons (Fsp3) is 0.636. The Bertz CT molecular complexity index is 402. The standard InChI is InChI=1S/C11H17N5O/c1-4-11(5-2,6-12)10(17)15-8(3)9-13-7-14-16-9/h7-8H,4-5H2,1-3H3,(H,15,17)(H,13,14,16). The van der Waals surface area contributed by atoms with Crippen LogP contribution in [0, 0.1) is 16.7 Å². The van der Waals surface area contributed by atoms with E-state index in [1.807, 2.05) is 13.8 Å². The predicted molar refractivity (Wildman–Crippen MR) is 61.6 cm³/mol. The molecule has 0 saturated heterocycles. The molecule has 0 spiro atoms. The van der Waals surface area contributed by atoms with Crippen LogP contribution in [-0.2, 0) is 4.79 Å². The number of nitrogens with zero attached hydrogens (tertiary/aromatic N) is 3. The van der Waals surface area contributed by atoms with Crippen LogP contribution < -0.4 is 5.32 Å². The highest BCUT2D eigenvalue weighted by Gasteiger charge is 2.35. The Kier molecular flexibility index (Phi) is 4.21. The summed E-state index contributed by atoms with van der Waals surface area (Å²) in [4.78, 5) is 16.0. The Morgan fingerprint density at radius 3 is 2.71 bits per heavy atom. The molecule has 0 saturated carbocycles. The summed E-state index contributed by atoms with van der Waals surface area (Å²) in [6, 6.07) is 1.83. The summed E-state index contributed by atoms with van der Waals surface area (Å²) in [7, 11) is 0. The van der Waals surface area contributed by atoms with Crippen molar-refractivity contribution in [2.45, 2.75) is 39.7 Å². The first-order valence-corrected chi connectivity index (χ1v) is 5.67. The summed E-state index contributed by atoms with van der Waals surface area (Å²) >= 11 is 0. The van der Waals surface area contributed by atoms with Crippen molar-refractivity contribution in [3.8, 4) is 6.07 Å². The van der Waals surface area contributed by atoms with E-state index in [0.29, 0.717) is 18.7 Å². The van der Waals surface area contributed by atoms with E-state index in [1.54, 1.807) is 6.92 Å². The highest BCUT2D eigenvalue weighted by Crippen LogP contribution is 2.26. The van der Waals surface area contributed by atoms with E-state index in [-0.39, 0.29) is 11.9 Å². The minimum absolute atomic E-state index is 0.256. The van der Waals surface area contributed by atoms with Gasteiger partial charge >= 0.3 is 0 Å². The molecule has 1 aromatic rings. The minimum atomic E-state index is -0.950. The van der Waals surface area contributed by atoms with Crippen molar-refractivity contribution in [1.82, 2.24) is 20.5 Å². The van der Waals surface area contributed by atoms with Gasteiger partial charge in [-0.2, -0.15) is 10.4 Å². The third kappa shape index (κ3) is 2.61. The number of hydrogen-bond donors (Lipinski definition) is 2. The molecule has 1 rings (SSSR count). The molecule has 0 aliphatic carbocycles. The molecule has 0 fully saturated rings. The van der Waals surface area contributed by atoms with Crippen molar-refractivity contribution < 1.29 is 4.79 Å². The number of rotatable bonds is 5. The fourth-order valence-corrected chi connectivity index (χ4v) is 1.61. The molecule has 0 bridgehead atoms. The molecule has 0 aromatic carbocycles. The van der Waals surface area contributed by atoms with E-state index < -0.39 is 5.41 Å². The van der Waals surface area contributed by atoms with Crippen LogP contribution in [0.2, 0.25) is 0 Å². The van der Waals surface area contributed by atoms with Crippen molar-refractivity contribution in [1.29, 1.82) is 5.26 Å². The van der Waals surface area contributed by atoms with Gasteiger partial charge < -0.3 is 5.32 Å². The maximum Gasteiger partial charge on any atom is 0.241 e. The molecular formula is C11H17N5O. The molecule has 17 heavy (non-hydrogen) atoms. The lowest BCUT2D eigenvalue weighted by atomic mass is 9.83. The molecule has 1 atom stereocenters. The minimum Gasteiger partial charge on any atom is -0.345 e. The van der Waals surface area contributed by atoms with Crippen LogP contribution in [0.1, 0.15) is 45.5 Å². The number of carbonyl (C=O) groups is 1.